The smallest absolute Gasteiger partial charge is 0.393 e. The lowest BCUT2D eigenvalue weighted by molar-refractivity contribution is -0.137. The maximum absolute atomic E-state index is 12.6. The molecule has 2 N–H and O–H groups in total. The first-order chi connectivity index (χ1) is 9.16. The quantitative estimate of drug-likeness (QED) is 0.789. The number of alkyl halides is 3. The summed E-state index contributed by atoms with van der Waals surface area (Å²) in [6, 6.07) is 3.63. The van der Waals surface area contributed by atoms with Crippen molar-refractivity contribution in [2.75, 3.05) is 18.0 Å². The summed E-state index contributed by atoms with van der Waals surface area (Å²) in [6.45, 7) is 5.03. The number of benzene rings is 1. The molecule has 1 aromatic carbocycles. The van der Waals surface area contributed by atoms with Gasteiger partial charge < -0.3 is 10.6 Å². The van der Waals surface area contributed by atoms with Gasteiger partial charge in [0.15, 0.2) is 0 Å². The van der Waals surface area contributed by atoms with Crippen LogP contribution >= 0.6 is 28.1 Å². The van der Waals surface area contributed by atoms with Crippen LogP contribution in [0.1, 0.15) is 19.4 Å². The molecule has 0 saturated heterocycles. The molecule has 1 atom stereocenters. The van der Waals surface area contributed by atoms with Crippen molar-refractivity contribution in [3.05, 3.63) is 28.2 Å². The summed E-state index contributed by atoms with van der Waals surface area (Å²) in [6.07, 6.45) is -4.34. The molecule has 7 heteroatoms. The van der Waals surface area contributed by atoms with Crippen LogP contribution in [0.3, 0.4) is 0 Å². The van der Waals surface area contributed by atoms with Crippen molar-refractivity contribution in [3.63, 3.8) is 0 Å². The first-order valence-corrected chi connectivity index (χ1v) is 7.28. The van der Waals surface area contributed by atoms with Crippen LogP contribution < -0.4 is 10.6 Å². The van der Waals surface area contributed by atoms with Crippen molar-refractivity contribution in [1.82, 2.24) is 0 Å². The third kappa shape index (κ3) is 4.34. The van der Waals surface area contributed by atoms with E-state index in [0.717, 1.165) is 12.1 Å². The molecule has 0 saturated carbocycles. The van der Waals surface area contributed by atoms with E-state index in [1.807, 2.05) is 18.7 Å². The average molecular weight is 369 g/mol. The first-order valence-electron chi connectivity index (χ1n) is 6.07. The number of hydrogen-bond donors (Lipinski definition) is 1. The van der Waals surface area contributed by atoms with Crippen LogP contribution in [0, 0.1) is 5.92 Å². The van der Waals surface area contributed by atoms with E-state index >= 15 is 0 Å². The Morgan fingerprint density at radius 3 is 2.45 bits per heavy atom. The number of hydrogen-bond acceptors (Lipinski definition) is 2. The average Bonchev–Trinajstić information content (AvgIpc) is 2.34. The number of nitrogens with two attached hydrogens (primary N) is 1. The molecule has 1 rings (SSSR count). The van der Waals surface area contributed by atoms with Crippen molar-refractivity contribution < 1.29 is 13.2 Å². The van der Waals surface area contributed by atoms with Crippen LogP contribution in [0.15, 0.2) is 22.7 Å². The lowest BCUT2D eigenvalue weighted by atomic mass is 10.1. The molecule has 1 aromatic rings. The van der Waals surface area contributed by atoms with Crippen molar-refractivity contribution in [2.24, 2.45) is 11.7 Å². The fraction of sp³-hybridized carbons (Fsp3) is 0.462. The zero-order chi connectivity index (χ0) is 15.5. The molecule has 0 radical (unpaired) electrons. The molecule has 0 spiro atoms. The molecular formula is C13H16BrF3N2S. The minimum absolute atomic E-state index is 0.0147. The molecule has 112 valence electrons. The van der Waals surface area contributed by atoms with Crippen molar-refractivity contribution in [2.45, 2.75) is 20.0 Å². The van der Waals surface area contributed by atoms with Gasteiger partial charge in [-0.25, -0.2) is 0 Å². The highest BCUT2D eigenvalue weighted by Gasteiger charge is 2.31. The minimum Gasteiger partial charge on any atom is -0.393 e. The second-order valence-corrected chi connectivity index (χ2v) is 5.83. The standard InChI is InChI=1S/C13H16BrF3N2S/c1-3-19(7-8(2)12(18)20)11-5-4-9(6-10(11)14)13(15,16)17/h4-6,8H,3,7H2,1-2H3,(H2,18,20). The van der Waals surface area contributed by atoms with E-state index < -0.39 is 11.7 Å². The second kappa shape index (κ2) is 6.76. The Morgan fingerprint density at radius 1 is 1.45 bits per heavy atom. The van der Waals surface area contributed by atoms with E-state index in [4.69, 9.17) is 18.0 Å². The summed E-state index contributed by atoms with van der Waals surface area (Å²) < 4.78 is 38.3. The molecule has 1 unspecified atom stereocenters. The monoisotopic (exact) mass is 368 g/mol. The maximum atomic E-state index is 12.6. The van der Waals surface area contributed by atoms with Gasteiger partial charge in [-0.3, -0.25) is 0 Å². The molecule has 20 heavy (non-hydrogen) atoms. The van der Waals surface area contributed by atoms with Gasteiger partial charge in [0.05, 0.1) is 16.2 Å². The molecule has 2 nitrogen and oxygen atoms in total. The summed E-state index contributed by atoms with van der Waals surface area (Å²) in [7, 11) is 0. The Labute approximate surface area is 130 Å². The van der Waals surface area contributed by atoms with Gasteiger partial charge in [-0.2, -0.15) is 13.2 Å². The fourth-order valence-corrected chi connectivity index (χ4v) is 2.46. The highest BCUT2D eigenvalue weighted by molar-refractivity contribution is 9.10. The van der Waals surface area contributed by atoms with E-state index in [-0.39, 0.29) is 5.92 Å². The predicted molar refractivity (Wildman–Crippen MR) is 83.0 cm³/mol. The fourth-order valence-electron chi connectivity index (χ4n) is 1.76. The number of rotatable bonds is 5. The van der Waals surface area contributed by atoms with E-state index in [0.29, 0.717) is 28.2 Å². The number of anilines is 1. The van der Waals surface area contributed by atoms with Gasteiger partial charge in [0.2, 0.25) is 0 Å². The third-order valence-corrected chi connectivity index (χ3v) is 4.01. The molecule has 0 heterocycles. The highest BCUT2D eigenvalue weighted by Crippen LogP contribution is 2.35. The Morgan fingerprint density at radius 2 is 2.05 bits per heavy atom. The molecule has 0 aliphatic rings. The number of thiocarbonyl (C=S) groups is 1. The lowest BCUT2D eigenvalue weighted by Gasteiger charge is -2.27. The van der Waals surface area contributed by atoms with Crippen molar-refractivity contribution in [1.29, 1.82) is 0 Å². The molecule has 0 aromatic heterocycles. The van der Waals surface area contributed by atoms with Crippen LogP contribution in [0.25, 0.3) is 0 Å². The largest absolute Gasteiger partial charge is 0.416 e. The number of nitrogens with zero attached hydrogens (tertiary/aromatic N) is 1. The topological polar surface area (TPSA) is 29.3 Å². The van der Waals surface area contributed by atoms with Crippen LogP contribution in [0.4, 0.5) is 18.9 Å². The van der Waals surface area contributed by atoms with Gasteiger partial charge in [-0.05, 0) is 41.1 Å². The first kappa shape index (κ1) is 17.2. The van der Waals surface area contributed by atoms with Gasteiger partial charge in [0.25, 0.3) is 0 Å². The molecular weight excluding hydrogens is 353 g/mol. The molecule has 0 aliphatic carbocycles. The molecule has 0 fully saturated rings. The van der Waals surface area contributed by atoms with Gasteiger partial charge in [0, 0.05) is 23.5 Å². The highest BCUT2D eigenvalue weighted by atomic mass is 79.9. The van der Waals surface area contributed by atoms with Crippen molar-refractivity contribution in [3.8, 4) is 0 Å². The second-order valence-electron chi connectivity index (χ2n) is 4.51. The summed E-state index contributed by atoms with van der Waals surface area (Å²) in [4.78, 5) is 2.33. The van der Waals surface area contributed by atoms with Gasteiger partial charge in [-0.15, -0.1) is 0 Å². The van der Waals surface area contributed by atoms with Crippen molar-refractivity contribution >= 4 is 38.8 Å². The van der Waals surface area contributed by atoms with E-state index in [1.54, 1.807) is 0 Å². The third-order valence-electron chi connectivity index (χ3n) is 2.98. The minimum atomic E-state index is -4.34. The summed E-state index contributed by atoms with van der Waals surface area (Å²) >= 11 is 8.13. The van der Waals surface area contributed by atoms with Gasteiger partial charge >= 0.3 is 6.18 Å². The molecule has 0 aliphatic heterocycles. The Hall–Kier alpha value is -0.820. The molecule has 0 amide bonds. The van der Waals surface area contributed by atoms with Gasteiger partial charge in [-0.1, -0.05) is 19.1 Å². The number of halogens is 4. The summed E-state index contributed by atoms with van der Waals surface area (Å²) in [5.74, 6) is -0.0147. The van der Waals surface area contributed by atoms with Crippen LogP contribution in [-0.4, -0.2) is 18.1 Å². The van der Waals surface area contributed by atoms with Crippen LogP contribution in [0.2, 0.25) is 0 Å². The van der Waals surface area contributed by atoms with Crippen LogP contribution in [0.5, 0.6) is 0 Å². The normalized spacial score (nSPS) is 13.1. The van der Waals surface area contributed by atoms with Gasteiger partial charge in [0.1, 0.15) is 0 Å². The van der Waals surface area contributed by atoms with E-state index in [2.05, 4.69) is 15.9 Å². The Kier molecular flexibility index (Phi) is 5.82. The van der Waals surface area contributed by atoms with E-state index in [9.17, 15) is 13.2 Å². The zero-order valence-electron chi connectivity index (χ0n) is 11.2. The Bertz CT molecular complexity index is 491. The lowest BCUT2D eigenvalue weighted by Crippen LogP contribution is -2.34. The molecule has 0 bridgehead atoms. The summed E-state index contributed by atoms with van der Waals surface area (Å²) in [5.41, 5.74) is 5.60. The van der Waals surface area contributed by atoms with E-state index in [1.165, 1.54) is 6.07 Å². The van der Waals surface area contributed by atoms with Crippen LogP contribution in [-0.2, 0) is 6.18 Å². The zero-order valence-corrected chi connectivity index (χ0v) is 13.6. The summed E-state index contributed by atoms with van der Waals surface area (Å²) in [5, 5.41) is 0. The SMILES string of the molecule is CCN(CC(C)C(N)=S)c1ccc(C(F)(F)F)cc1Br. The maximum Gasteiger partial charge on any atom is 0.416 e. The predicted octanol–water partition coefficient (Wildman–Crippen LogP) is 4.22. The Balaban J connectivity index is 3.02.